The highest BCUT2D eigenvalue weighted by molar-refractivity contribution is 4.62. The Labute approximate surface area is 122 Å². The fourth-order valence-corrected chi connectivity index (χ4v) is 2.32. The lowest BCUT2D eigenvalue weighted by atomic mass is 10.1. The Kier molecular flexibility index (Phi) is 12.3. The molecule has 0 saturated carbocycles. The lowest BCUT2D eigenvalue weighted by Gasteiger charge is -2.14. The van der Waals surface area contributed by atoms with Crippen LogP contribution >= 0.6 is 0 Å². The summed E-state index contributed by atoms with van der Waals surface area (Å²) in [6.07, 6.45) is 6.48. The summed E-state index contributed by atoms with van der Waals surface area (Å²) in [5.74, 6) is 0. The lowest BCUT2D eigenvalue weighted by Crippen LogP contribution is -2.27. The van der Waals surface area contributed by atoms with Gasteiger partial charge in [0.1, 0.15) is 0 Å². The van der Waals surface area contributed by atoms with E-state index in [1.165, 1.54) is 44.9 Å². The van der Waals surface area contributed by atoms with E-state index in [-0.39, 0.29) is 12.5 Å². The van der Waals surface area contributed by atoms with Crippen LogP contribution in [0.2, 0.25) is 0 Å². The third kappa shape index (κ3) is 15.8. The molecule has 4 heteroatoms. The van der Waals surface area contributed by atoms with E-state index in [1.807, 2.05) is 6.92 Å². The second kappa shape index (κ2) is 12.5. The maximum absolute atomic E-state index is 12.0. The van der Waals surface area contributed by atoms with Gasteiger partial charge in [-0.2, -0.15) is 13.2 Å². The van der Waals surface area contributed by atoms with Crippen LogP contribution in [0, 0.1) is 0 Å². The normalized spacial score (nSPS) is 13.7. The molecule has 0 bridgehead atoms. The van der Waals surface area contributed by atoms with Crippen molar-refractivity contribution in [3.8, 4) is 0 Å². The molecule has 0 saturated heterocycles. The van der Waals surface area contributed by atoms with Crippen molar-refractivity contribution in [1.29, 1.82) is 0 Å². The average Bonchev–Trinajstić information content (AvgIpc) is 2.35. The van der Waals surface area contributed by atoms with E-state index in [0.29, 0.717) is 6.42 Å². The third-order valence-electron chi connectivity index (χ3n) is 3.62. The monoisotopic (exact) mass is 295 g/mol. The van der Waals surface area contributed by atoms with Crippen LogP contribution in [0.1, 0.15) is 84.5 Å². The van der Waals surface area contributed by atoms with E-state index in [4.69, 9.17) is 0 Å². The number of nitrogens with one attached hydrogen (secondary N) is 1. The van der Waals surface area contributed by atoms with Crippen molar-refractivity contribution in [2.45, 2.75) is 96.7 Å². The van der Waals surface area contributed by atoms with E-state index in [0.717, 1.165) is 13.0 Å². The van der Waals surface area contributed by atoms with Crippen molar-refractivity contribution in [3.63, 3.8) is 0 Å². The Morgan fingerprint density at radius 1 is 0.850 bits per heavy atom. The molecule has 0 aliphatic heterocycles. The zero-order valence-corrected chi connectivity index (χ0v) is 13.2. The molecule has 0 spiro atoms. The van der Waals surface area contributed by atoms with Gasteiger partial charge in [-0.15, -0.1) is 0 Å². The molecule has 122 valence electrons. The summed E-state index contributed by atoms with van der Waals surface area (Å²) in [6, 6.07) is 0.196. The van der Waals surface area contributed by atoms with Crippen LogP contribution in [-0.4, -0.2) is 18.8 Å². The molecule has 0 fully saturated rings. The molecular weight excluding hydrogens is 263 g/mol. The topological polar surface area (TPSA) is 12.0 Å². The molecule has 1 N–H and O–H groups in total. The van der Waals surface area contributed by atoms with Gasteiger partial charge in [-0.05, 0) is 32.7 Å². The van der Waals surface area contributed by atoms with E-state index < -0.39 is 12.6 Å². The number of alkyl halides is 3. The van der Waals surface area contributed by atoms with E-state index in [9.17, 15) is 13.2 Å². The molecule has 1 unspecified atom stereocenters. The highest BCUT2D eigenvalue weighted by atomic mass is 19.4. The number of hydrogen-bond donors (Lipinski definition) is 1. The molecule has 0 aromatic carbocycles. The van der Waals surface area contributed by atoms with Gasteiger partial charge in [-0.25, -0.2) is 0 Å². The Morgan fingerprint density at radius 2 is 1.40 bits per heavy atom. The zero-order chi connectivity index (χ0) is 15.3. The summed E-state index contributed by atoms with van der Waals surface area (Å²) in [6.45, 7) is 5.13. The number of unbranched alkanes of at least 4 members (excludes halogenated alkanes) is 7. The van der Waals surface area contributed by atoms with Crippen LogP contribution in [0.3, 0.4) is 0 Å². The van der Waals surface area contributed by atoms with Crippen LogP contribution in [0.25, 0.3) is 0 Å². The van der Waals surface area contributed by atoms with Gasteiger partial charge in [0.2, 0.25) is 0 Å². The molecular formula is C16H32F3N. The van der Waals surface area contributed by atoms with Crippen molar-refractivity contribution in [3.05, 3.63) is 0 Å². The summed E-state index contributed by atoms with van der Waals surface area (Å²) in [7, 11) is 0. The predicted molar refractivity (Wildman–Crippen MR) is 80.0 cm³/mol. The highest BCUT2D eigenvalue weighted by Crippen LogP contribution is 2.22. The number of rotatable bonds is 13. The molecule has 0 aliphatic carbocycles. The zero-order valence-electron chi connectivity index (χ0n) is 13.2. The van der Waals surface area contributed by atoms with Gasteiger partial charge in [0, 0.05) is 12.5 Å². The minimum Gasteiger partial charge on any atom is -0.314 e. The number of halogens is 3. The minimum absolute atomic E-state index is 0.196. The molecule has 0 heterocycles. The summed E-state index contributed by atoms with van der Waals surface area (Å²) in [5, 5.41) is 3.31. The second-order valence-electron chi connectivity index (χ2n) is 5.84. The summed E-state index contributed by atoms with van der Waals surface area (Å²) in [4.78, 5) is 0. The smallest absolute Gasteiger partial charge is 0.314 e. The Morgan fingerprint density at radius 3 is 1.95 bits per heavy atom. The van der Waals surface area contributed by atoms with Crippen molar-refractivity contribution in [2.75, 3.05) is 6.54 Å². The molecule has 1 atom stereocenters. The first-order valence-corrected chi connectivity index (χ1v) is 8.26. The van der Waals surface area contributed by atoms with Crippen LogP contribution in [0.15, 0.2) is 0 Å². The van der Waals surface area contributed by atoms with Gasteiger partial charge in [-0.1, -0.05) is 51.9 Å². The molecule has 0 amide bonds. The average molecular weight is 295 g/mol. The maximum Gasteiger partial charge on any atom is 0.389 e. The third-order valence-corrected chi connectivity index (χ3v) is 3.62. The van der Waals surface area contributed by atoms with E-state index in [2.05, 4.69) is 12.2 Å². The van der Waals surface area contributed by atoms with Crippen molar-refractivity contribution in [1.82, 2.24) is 5.32 Å². The maximum atomic E-state index is 12.0. The quantitative estimate of drug-likeness (QED) is 0.421. The predicted octanol–water partition coefficient (Wildman–Crippen LogP) is 5.84. The van der Waals surface area contributed by atoms with Gasteiger partial charge in [-0.3, -0.25) is 0 Å². The molecule has 0 aromatic heterocycles. The van der Waals surface area contributed by atoms with Crippen LogP contribution in [0.5, 0.6) is 0 Å². The van der Waals surface area contributed by atoms with Gasteiger partial charge in [0.25, 0.3) is 0 Å². The van der Waals surface area contributed by atoms with E-state index >= 15 is 0 Å². The standard InChI is InChI=1S/C16H32F3N/c1-3-4-5-6-7-8-9-10-14-20-15(2)12-11-13-16(17,18)19/h15,20H,3-14H2,1-2H3. The van der Waals surface area contributed by atoms with Gasteiger partial charge in [0.05, 0.1) is 0 Å². The minimum atomic E-state index is -4.00. The fourth-order valence-electron chi connectivity index (χ4n) is 2.32. The SMILES string of the molecule is CCCCCCCCCCNC(C)CCCC(F)(F)F. The Hall–Kier alpha value is -0.250. The largest absolute Gasteiger partial charge is 0.389 e. The molecule has 0 rings (SSSR count). The molecule has 0 aromatic rings. The van der Waals surface area contributed by atoms with Crippen molar-refractivity contribution in [2.24, 2.45) is 0 Å². The van der Waals surface area contributed by atoms with Crippen LogP contribution in [0.4, 0.5) is 13.2 Å². The van der Waals surface area contributed by atoms with Gasteiger partial charge in [0.15, 0.2) is 0 Å². The highest BCUT2D eigenvalue weighted by Gasteiger charge is 2.26. The molecule has 0 aliphatic rings. The Balaban J connectivity index is 3.21. The van der Waals surface area contributed by atoms with Gasteiger partial charge < -0.3 is 5.32 Å². The van der Waals surface area contributed by atoms with E-state index in [1.54, 1.807) is 0 Å². The van der Waals surface area contributed by atoms with Crippen molar-refractivity contribution < 1.29 is 13.2 Å². The fraction of sp³-hybridized carbons (Fsp3) is 1.00. The molecule has 20 heavy (non-hydrogen) atoms. The second-order valence-corrected chi connectivity index (χ2v) is 5.84. The van der Waals surface area contributed by atoms with Crippen molar-refractivity contribution >= 4 is 0 Å². The summed E-state index contributed by atoms with van der Waals surface area (Å²) in [5.41, 5.74) is 0. The first kappa shape index (κ1) is 19.8. The summed E-state index contributed by atoms with van der Waals surface area (Å²) < 4.78 is 36.0. The Bertz CT molecular complexity index is 204. The first-order chi connectivity index (χ1) is 9.45. The van der Waals surface area contributed by atoms with Crippen LogP contribution in [-0.2, 0) is 0 Å². The van der Waals surface area contributed by atoms with Crippen LogP contribution < -0.4 is 5.32 Å². The summed E-state index contributed by atoms with van der Waals surface area (Å²) >= 11 is 0. The molecule has 0 radical (unpaired) electrons. The van der Waals surface area contributed by atoms with Gasteiger partial charge >= 0.3 is 6.18 Å². The number of hydrogen-bond acceptors (Lipinski definition) is 1. The molecule has 1 nitrogen and oxygen atoms in total. The first-order valence-electron chi connectivity index (χ1n) is 8.26. The lowest BCUT2D eigenvalue weighted by molar-refractivity contribution is -0.135.